The summed E-state index contributed by atoms with van der Waals surface area (Å²) < 4.78 is 10.2. The van der Waals surface area contributed by atoms with Crippen molar-refractivity contribution >= 4 is 17.6 Å². The summed E-state index contributed by atoms with van der Waals surface area (Å²) >= 11 is 1.30. The molecule has 0 aliphatic heterocycles. The van der Waals surface area contributed by atoms with E-state index in [-0.39, 0.29) is 0 Å². The number of hydrogen-bond acceptors (Lipinski definition) is 8. The number of oxazole rings is 1. The van der Waals surface area contributed by atoms with Gasteiger partial charge in [-0.1, -0.05) is 0 Å². The minimum absolute atomic E-state index is 0.313. The van der Waals surface area contributed by atoms with E-state index in [2.05, 4.69) is 20.4 Å². The van der Waals surface area contributed by atoms with Gasteiger partial charge in [0.05, 0.1) is 5.69 Å². The first-order valence-electron chi connectivity index (χ1n) is 5.14. The molecule has 2 heterocycles. The molecule has 0 spiro atoms. The first-order chi connectivity index (χ1) is 8.71. The van der Waals surface area contributed by atoms with Gasteiger partial charge < -0.3 is 14.6 Å². The first-order valence-corrected chi connectivity index (χ1v) is 5.96. The molecule has 0 fully saturated rings. The van der Waals surface area contributed by atoms with E-state index in [9.17, 15) is 0 Å². The average Bonchev–Trinajstić information content (AvgIpc) is 2.75. The van der Waals surface area contributed by atoms with Gasteiger partial charge in [0.2, 0.25) is 0 Å². The van der Waals surface area contributed by atoms with Gasteiger partial charge in [-0.15, -0.1) is 0 Å². The van der Waals surface area contributed by atoms with Crippen LogP contribution in [0.25, 0.3) is 0 Å². The standard InChI is InChI=1S/C10H13N5O2S/c1-6-4-17-10(12-6)18-9-3-7(15-11)13-8(14-9)5-16-2/h3-4H,5,11H2,1-2H3,(H,13,14,15). The van der Waals surface area contributed by atoms with Crippen molar-refractivity contribution in [1.29, 1.82) is 0 Å². The molecule has 2 aromatic rings. The molecule has 0 aromatic carbocycles. The third kappa shape index (κ3) is 3.19. The van der Waals surface area contributed by atoms with Crippen LogP contribution < -0.4 is 11.3 Å². The van der Waals surface area contributed by atoms with Gasteiger partial charge in [-0.3, -0.25) is 0 Å². The summed E-state index contributed by atoms with van der Waals surface area (Å²) in [7, 11) is 1.58. The van der Waals surface area contributed by atoms with Crippen molar-refractivity contribution < 1.29 is 9.15 Å². The Kier molecular flexibility index (Phi) is 4.13. The van der Waals surface area contributed by atoms with Crippen LogP contribution in [-0.2, 0) is 11.3 Å². The molecule has 8 heteroatoms. The van der Waals surface area contributed by atoms with Crippen molar-refractivity contribution in [2.24, 2.45) is 5.84 Å². The number of anilines is 1. The molecule has 0 bridgehead atoms. The van der Waals surface area contributed by atoms with E-state index < -0.39 is 0 Å². The van der Waals surface area contributed by atoms with E-state index in [4.69, 9.17) is 15.0 Å². The average molecular weight is 267 g/mol. The third-order valence-electron chi connectivity index (χ3n) is 1.96. The SMILES string of the molecule is COCc1nc(NN)cc(Sc2nc(C)co2)n1. The third-order valence-corrected chi connectivity index (χ3v) is 2.74. The van der Waals surface area contributed by atoms with Crippen LogP contribution in [0.5, 0.6) is 0 Å². The lowest BCUT2D eigenvalue weighted by Crippen LogP contribution is -2.11. The maximum Gasteiger partial charge on any atom is 0.262 e. The summed E-state index contributed by atoms with van der Waals surface area (Å²) in [4.78, 5) is 12.6. The zero-order chi connectivity index (χ0) is 13.0. The number of hydrogen-bond donors (Lipinski definition) is 2. The molecular weight excluding hydrogens is 254 g/mol. The Balaban J connectivity index is 2.23. The maximum absolute atomic E-state index is 5.35. The fourth-order valence-electron chi connectivity index (χ4n) is 1.26. The largest absolute Gasteiger partial charge is 0.439 e. The molecule has 0 atom stereocenters. The summed E-state index contributed by atoms with van der Waals surface area (Å²) in [5.41, 5.74) is 3.31. The van der Waals surface area contributed by atoms with E-state index in [1.54, 1.807) is 19.4 Å². The van der Waals surface area contributed by atoms with Crippen molar-refractivity contribution in [3.63, 3.8) is 0 Å². The molecule has 0 radical (unpaired) electrons. The van der Waals surface area contributed by atoms with Crippen LogP contribution in [0.2, 0.25) is 0 Å². The number of nitrogen functional groups attached to an aromatic ring is 1. The molecule has 7 nitrogen and oxygen atoms in total. The number of aryl methyl sites for hydroxylation is 1. The van der Waals surface area contributed by atoms with E-state index in [1.807, 2.05) is 6.92 Å². The van der Waals surface area contributed by atoms with Gasteiger partial charge in [-0.05, 0) is 18.7 Å². The maximum atomic E-state index is 5.35. The van der Waals surface area contributed by atoms with Crippen LogP contribution in [0.4, 0.5) is 5.82 Å². The van der Waals surface area contributed by atoms with Crippen LogP contribution in [-0.4, -0.2) is 22.1 Å². The van der Waals surface area contributed by atoms with E-state index in [1.165, 1.54) is 11.8 Å². The zero-order valence-corrected chi connectivity index (χ0v) is 10.8. The zero-order valence-electron chi connectivity index (χ0n) is 10.0. The van der Waals surface area contributed by atoms with Gasteiger partial charge in [0.25, 0.3) is 5.22 Å². The van der Waals surface area contributed by atoms with Gasteiger partial charge in [0.15, 0.2) is 5.82 Å². The molecule has 96 valence electrons. The molecule has 0 saturated carbocycles. The topological polar surface area (TPSA) is 99.1 Å². The summed E-state index contributed by atoms with van der Waals surface area (Å²) in [5.74, 6) is 6.41. The predicted octanol–water partition coefficient (Wildman–Crippen LogP) is 1.36. The van der Waals surface area contributed by atoms with Crippen LogP contribution in [0.3, 0.4) is 0 Å². The number of aromatic nitrogens is 3. The number of nitrogens with two attached hydrogens (primary N) is 1. The summed E-state index contributed by atoms with van der Waals surface area (Å²) in [5, 5.41) is 1.21. The van der Waals surface area contributed by atoms with Gasteiger partial charge in [0.1, 0.15) is 23.7 Å². The minimum Gasteiger partial charge on any atom is -0.439 e. The minimum atomic E-state index is 0.313. The summed E-state index contributed by atoms with van der Waals surface area (Å²) in [6.45, 7) is 2.17. The highest BCUT2D eigenvalue weighted by Crippen LogP contribution is 2.26. The molecule has 18 heavy (non-hydrogen) atoms. The lowest BCUT2D eigenvalue weighted by atomic mass is 10.5. The van der Waals surface area contributed by atoms with Crippen molar-refractivity contribution in [2.45, 2.75) is 23.8 Å². The van der Waals surface area contributed by atoms with Crippen LogP contribution >= 0.6 is 11.8 Å². The van der Waals surface area contributed by atoms with Crippen LogP contribution in [0.1, 0.15) is 11.5 Å². The van der Waals surface area contributed by atoms with Gasteiger partial charge in [0, 0.05) is 13.2 Å². The fourth-order valence-corrected chi connectivity index (χ4v) is 2.05. The second-order valence-corrected chi connectivity index (χ2v) is 4.41. The van der Waals surface area contributed by atoms with E-state index in [0.29, 0.717) is 28.5 Å². The van der Waals surface area contributed by atoms with Gasteiger partial charge in [-0.25, -0.2) is 20.8 Å². The molecule has 2 rings (SSSR count). The lowest BCUT2D eigenvalue weighted by molar-refractivity contribution is 0.177. The lowest BCUT2D eigenvalue weighted by Gasteiger charge is -2.05. The molecule has 3 N–H and O–H groups in total. The highest BCUT2D eigenvalue weighted by molar-refractivity contribution is 7.99. The fraction of sp³-hybridized carbons (Fsp3) is 0.300. The number of ether oxygens (including phenoxy) is 1. The highest BCUT2D eigenvalue weighted by Gasteiger charge is 2.09. The van der Waals surface area contributed by atoms with Crippen molar-refractivity contribution in [2.75, 3.05) is 12.5 Å². The Labute approximate surface area is 108 Å². The highest BCUT2D eigenvalue weighted by atomic mass is 32.2. The molecule has 0 amide bonds. The Morgan fingerprint density at radius 2 is 2.28 bits per heavy atom. The van der Waals surface area contributed by atoms with E-state index >= 15 is 0 Å². The molecule has 0 unspecified atom stereocenters. The molecule has 0 aliphatic carbocycles. The number of rotatable bonds is 5. The Bertz CT molecular complexity index is 531. The van der Waals surface area contributed by atoms with Gasteiger partial charge in [-0.2, -0.15) is 0 Å². The molecule has 0 saturated heterocycles. The second kappa shape index (κ2) is 5.80. The quantitative estimate of drug-likeness (QED) is 0.476. The number of hydrazine groups is 1. The van der Waals surface area contributed by atoms with Crippen LogP contribution in [0, 0.1) is 6.92 Å². The van der Waals surface area contributed by atoms with Gasteiger partial charge >= 0.3 is 0 Å². The predicted molar refractivity (Wildman–Crippen MR) is 65.9 cm³/mol. The van der Waals surface area contributed by atoms with Crippen molar-refractivity contribution in [3.8, 4) is 0 Å². The summed E-state index contributed by atoms with van der Waals surface area (Å²) in [6.07, 6.45) is 1.59. The van der Waals surface area contributed by atoms with Crippen molar-refractivity contribution in [1.82, 2.24) is 15.0 Å². The Morgan fingerprint density at radius 1 is 1.44 bits per heavy atom. The summed E-state index contributed by atoms with van der Waals surface area (Å²) in [6, 6.07) is 1.71. The monoisotopic (exact) mass is 267 g/mol. The number of methoxy groups -OCH3 is 1. The normalized spacial score (nSPS) is 10.6. The number of nitrogens with one attached hydrogen (secondary N) is 1. The smallest absolute Gasteiger partial charge is 0.262 e. The first kappa shape index (κ1) is 12.8. The molecule has 0 aliphatic rings. The van der Waals surface area contributed by atoms with E-state index in [0.717, 1.165) is 5.69 Å². The van der Waals surface area contributed by atoms with Crippen molar-refractivity contribution in [3.05, 3.63) is 23.8 Å². The second-order valence-electron chi connectivity index (χ2n) is 3.44. The molecular formula is C10H13N5O2S. The Hall–Kier alpha value is -1.64. The molecule has 2 aromatic heterocycles. The van der Waals surface area contributed by atoms with Crippen LogP contribution in [0.15, 0.2) is 27.0 Å². The number of nitrogens with zero attached hydrogens (tertiary/aromatic N) is 3. The Morgan fingerprint density at radius 3 is 2.89 bits per heavy atom.